The standard InChI is InChI=1S/C31H33N5O6/c1-36-26-13-5-3-10-23(26)18-27(36)30(40)35-25(12-7-17-33-31(41)42-20-21-8-6-16-32-19-21)29(39)34-24-11-4-2-9-22(24)14-15-28(37)38/h2-6,8-11,13,16,18-19,25H,7,12,14-15,17,20H2,1H3,(H,33,41)(H,34,39)(H,35,40)(H,37,38)/t25-/m0/s1. The van der Waals surface area contributed by atoms with Crippen LogP contribution in [0.3, 0.4) is 0 Å². The van der Waals surface area contributed by atoms with Crippen LogP contribution in [-0.4, -0.2) is 51.1 Å². The number of ether oxygens (including phenoxy) is 1. The first-order valence-corrected chi connectivity index (χ1v) is 13.6. The van der Waals surface area contributed by atoms with Gasteiger partial charge in [0.15, 0.2) is 0 Å². The van der Waals surface area contributed by atoms with Crippen LogP contribution in [0.4, 0.5) is 10.5 Å². The zero-order valence-electron chi connectivity index (χ0n) is 23.2. The van der Waals surface area contributed by atoms with E-state index in [1.807, 2.05) is 24.3 Å². The Labute approximate surface area is 242 Å². The van der Waals surface area contributed by atoms with Crippen molar-refractivity contribution in [1.82, 2.24) is 20.2 Å². The Hall–Kier alpha value is -5.19. The average Bonchev–Trinajstić information content (AvgIpc) is 3.34. The highest BCUT2D eigenvalue weighted by molar-refractivity contribution is 6.03. The maximum atomic E-state index is 13.4. The first kappa shape index (κ1) is 29.8. The minimum atomic E-state index is -0.942. The molecule has 0 unspecified atom stereocenters. The first-order chi connectivity index (χ1) is 20.3. The van der Waals surface area contributed by atoms with Crippen molar-refractivity contribution in [1.29, 1.82) is 0 Å². The lowest BCUT2D eigenvalue weighted by atomic mass is 10.1. The van der Waals surface area contributed by atoms with Gasteiger partial charge in [0.05, 0.1) is 0 Å². The summed E-state index contributed by atoms with van der Waals surface area (Å²) in [7, 11) is 1.78. The van der Waals surface area contributed by atoms with Crippen molar-refractivity contribution in [3.05, 3.63) is 95.9 Å². The van der Waals surface area contributed by atoms with Gasteiger partial charge in [0.25, 0.3) is 5.91 Å². The Bertz CT molecular complexity index is 1550. The van der Waals surface area contributed by atoms with Crippen molar-refractivity contribution >= 4 is 40.5 Å². The van der Waals surface area contributed by atoms with Gasteiger partial charge in [0.1, 0.15) is 18.3 Å². The molecule has 11 nitrogen and oxygen atoms in total. The van der Waals surface area contributed by atoms with E-state index in [1.54, 1.807) is 66.5 Å². The summed E-state index contributed by atoms with van der Waals surface area (Å²) in [5, 5.41) is 18.3. The fraction of sp³-hybridized carbons (Fsp3) is 0.258. The number of fused-ring (bicyclic) bond motifs is 1. The Morgan fingerprint density at radius 2 is 1.81 bits per heavy atom. The highest BCUT2D eigenvalue weighted by Gasteiger charge is 2.24. The molecule has 42 heavy (non-hydrogen) atoms. The van der Waals surface area contributed by atoms with Crippen molar-refractivity contribution < 1.29 is 29.0 Å². The third-order valence-electron chi connectivity index (χ3n) is 6.72. The second-order valence-electron chi connectivity index (χ2n) is 9.72. The van der Waals surface area contributed by atoms with Gasteiger partial charge in [0.2, 0.25) is 5.91 Å². The van der Waals surface area contributed by atoms with Crippen LogP contribution in [0.5, 0.6) is 0 Å². The smallest absolute Gasteiger partial charge is 0.407 e. The van der Waals surface area contributed by atoms with Gasteiger partial charge in [-0.1, -0.05) is 42.5 Å². The molecule has 0 bridgehead atoms. The normalized spacial score (nSPS) is 11.5. The second kappa shape index (κ2) is 14.4. The number of nitrogens with one attached hydrogen (secondary N) is 3. The molecule has 0 saturated carbocycles. The molecule has 4 N–H and O–H groups in total. The van der Waals surface area contributed by atoms with Crippen molar-refractivity contribution in [3.63, 3.8) is 0 Å². The fourth-order valence-electron chi connectivity index (χ4n) is 4.51. The lowest BCUT2D eigenvalue weighted by molar-refractivity contribution is -0.137. The number of aromatic nitrogens is 2. The van der Waals surface area contributed by atoms with E-state index in [0.717, 1.165) is 16.5 Å². The molecule has 0 aliphatic rings. The lowest BCUT2D eigenvalue weighted by Gasteiger charge is -2.20. The van der Waals surface area contributed by atoms with Crippen LogP contribution in [-0.2, 0) is 34.4 Å². The summed E-state index contributed by atoms with van der Waals surface area (Å²) in [5.41, 5.74) is 3.18. The lowest BCUT2D eigenvalue weighted by Crippen LogP contribution is -2.44. The number of amides is 3. The summed E-state index contributed by atoms with van der Waals surface area (Å²) in [6, 6.07) is 18.9. The molecule has 0 aliphatic heterocycles. The molecule has 11 heteroatoms. The molecule has 2 aromatic carbocycles. The highest BCUT2D eigenvalue weighted by Crippen LogP contribution is 2.20. The van der Waals surface area contributed by atoms with E-state index in [0.29, 0.717) is 23.4 Å². The molecule has 1 atom stereocenters. The minimum absolute atomic E-state index is 0.0765. The van der Waals surface area contributed by atoms with Crippen molar-refractivity contribution in [2.24, 2.45) is 7.05 Å². The third-order valence-corrected chi connectivity index (χ3v) is 6.72. The van der Waals surface area contributed by atoms with Crippen LogP contribution in [0, 0.1) is 0 Å². The number of anilines is 1. The molecule has 0 spiro atoms. The maximum absolute atomic E-state index is 13.4. The van der Waals surface area contributed by atoms with E-state index < -0.39 is 29.9 Å². The summed E-state index contributed by atoms with van der Waals surface area (Å²) < 4.78 is 6.96. The number of carboxylic acid groups (broad SMARTS) is 1. The first-order valence-electron chi connectivity index (χ1n) is 13.6. The van der Waals surface area contributed by atoms with E-state index in [-0.39, 0.29) is 32.4 Å². The van der Waals surface area contributed by atoms with Crippen LogP contribution in [0.15, 0.2) is 79.1 Å². The number of para-hydroxylation sites is 2. The second-order valence-corrected chi connectivity index (χ2v) is 9.72. The Kier molecular flexibility index (Phi) is 10.2. The number of aliphatic carboxylic acids is 1. The molecule has 2 aromatic heterocycles. The quantitative estimate of drug-likeness (QED) is 0.177. The predicted molar refractivity (Wildman–Crippen MR) is 157 cm³/mol. The topological polar surface area (TPSA) is 152 Å². The zero-order valence-corrected chi connectivity index (χ0v) is 23.2. The van der Waals surface area contributed by atoms with Crippen LogP contribution >= 0.6 is 0 Å². The number of benzene rings is 2. The number of carbonyl (C=O) groups is 4. The fourth-order valence-corrected chi connectivity index (χ4v) is 4.51. The summed E-state index contributed by atoms with van der Waals surface area (Å²) in [6.07, 6.45) is 3.38. The molecule has 2 heterocycles. The highest BCUT2D eigenvalue weighted by atomic mass is 16.5. The van der Waals surface area contributed by atoms with Gasteiger partial charge in [-0.25, -0.2) is 4.79 Å². The number of nitrogens with zero attached hydrogens (tertiary/aromatic N) is 2. The zero-order chi connectivity index (χ0) is 29.9. The summed E-state index contributed by atoms with van der Waals surface area (Å²) in [5.74, 6) is -1.82. The number of hydrogen-bond acceptors (Lipinski definition) is 6. The number of carbonyl (C=O) groups excluding carboxylic acids is 3. The van der Waals surface area contributed by atoms with Crippen molar-refractivity contribution in [2.75, 3.05) is 11.9 Å². The van der Waals surface area contributed by atoms with Gasteiger partial charge < -0.3 is 30.4 Å². The molecule has 0 aliphatic carbocycles. The van der Waals surface area contributed by atoms with Gasteiger partial charge in [-0.15, -0.1) is 0 Å². The number of aryl methyl sites for hydroxylation is 2. The molecule has 218 valence electrons. The molecule has 4 rings (SSSR count). The maximum Gasteiger partial charge on any atom is 0.407 e. The molecule has 3 amide bonds. The summed E-state index contributed by atoms with van der Waals surface area (Å²) >= 11 is 0. The summed E-state index contributed by atoms with van der Waals surface area (Å²) in [4.78, 5) is 54.0. The minimum Gasteiger partial charge on any atom is -0.481 e. The van der Waals surface area contributed by atoms with Crippen molar-refractivity contribution in [3.8, 4) is 0 Å². The summed E-state index contributed by atoms with van der Waals surface area (Å²) in [6.45, 7) is 0.293. The molecule has 0 fully saturated rings. The van der Waals surface area contributed by atoms with E-state index in [4.69, 9.17) is 9.84 Å². The SMILES string of the molecule is Cn1c(C(=O)N[C@@H](CCCNC(=O)OCc2cccnc2)C(=O)Nc2ccccc2CCC(=O)O)cc2ccccc21. The Morgan fingerprint density at radius 3 is 2.57 bits per heavy atom. The third kappa shape index (κ3) is 8.17. The number of carboxylic acids is 1. The predicted octanol–water partition coefficient (Wildman–Crippen LogP) is 4.03. The van der Waals surface area contributed by atoms with E-state index >= 15 is 0 Å². The monoisotopic (exact) mass is 571 g/mol. The molecule has 0 radical (unpaired) electrons. The molecular weight excluding hydrogens is 538 g/mol. The molecule has 4 aromatic rings. The van der Waals surface area contributed by atoms with E-state index in [9.17, 15) is 19.2 Å². The van der Waals surface area contributed by atoms with E-state index in [2.05, 4.69) is 20.9 Å². The molecule has 0 saturated heterocycles. The molecular formula is C31H33N5O6. The van der Waals surface area contributed by atoms with Crippen LogP contribution in [0.1, 0.15) is 40.9 Å². The van der Waals surface area contributed by atoms with Crippen LogP contribution in [0.2, 0.25) is 0 Å². The average molecular weight is 572 g/mol. The van der Waals surface area contributed by atoms with Gasteiger partial charge in [-0.05, 0) is 49.1 Å². The van der Waals surface area contributed by atoms with Crippen LogP contribution in [0.25, 0.3) is 10.9 Å². The Morgan fingerprint density at radius 1 is 1.02 bits per heavy atom. The van der Waals surface area contributed by atoms with Crippen molar-refractivity contribution in [2.45, 2.75) is 38.3 Å². The van der Waals surface area contributed by atoms with E-state index in [1.165, 1.54) is 0 Å². The number of pyridine rings is 1. The largest absolute Gasteiger partial charge is 0.481 e. The number of alkyl carbamates (subject to hydrolysis) is 1. The number of rotatable bonds is 13. The van der Waals surface area contributed by atoms with Gasteiger partial charge in [-0.3, -0.25) is 19.4 Å². The van der Waals surface area contributed by atoms with Gasteiger partial charge in [-0.2, -0.15) is 0 Å². The van der Waals surface area contributed by atoms with Gasteiger partial charge >= 0.3 is 12.1 Å². The van der Waals surface area contributed by atoms with Gasteiger partial charge in [0, 0.05) is 54.6 Å². The number of hydrogen-bond donors (Lipinski definition) is 4. The van der Waals surface area contributed by atoms with Crippen LogP contribution < -0.4 is 16.0 Å². The Balaban J connectivity index is 1.41.